The smallest absolute Gasteiger partial charge is 0.346 e. The van der Waals surface area contributed by atoms with Gasteiger partial charge in [0.2, 0.25) is 0 Å². The number of aliphatic carboxylic acids is 1. The number of carboxylic acid groups (broad SMARTS) is 1. The van der Waals surface area contributed by atoms with Crippen molar-refractivity contribution in [1.82, 2.24) is 0 Å². The van der Waals surface area contributed by atoms with E-state index in [1.165, 1.54) is 22.9 Å². The molecule has 3 rings (SSSR count). The van der Waals surface area contributed by atoms with E-state index in [1.54, 1.807) is 19.3 Å². The number of nitriles is 1. The third-order valence-electron chi connectivity index (χ3n) is 4.68. The van der Waals surface area contributed by atoms with E-state index < -0.39 is 5.97 Å². The molecule has 0 bridgehead atoms. The van der Waals surface area contributed by atoms with Crippen molar-refractivity contribution in [3.05, 3.63) is 70.8 Å². The molecule has 1 aliphatic rings. The average molecular weight is 360 g/mol. The fourth-order valence-electron chi connectivity index (χ4n) is 3.26. The summed E-state index contributed by atoms with van der Waals surface area (Å²) in [5, 5.41) is 17.7. The number of aryl methyl sites for hydroxylation is 2. The fourth-order valence-corrected chi connectivity index (χ4v) is 3.26. The molecule has 0 aromatic heterocycles. The van der Waals surface area contributed by atoms with Crippen LogP contribution in [-0.2, 0) is 17.6 Å². The number of fused-ring (bicyclic) bond motifs is 2. The highest BCUT2D eigenvalue weighted by molar-refractivity contribution is 5.91. The SMILES string of the molecule is COc1ccc2c(c1)CCc1cc(/C=C/C=C(/C#N)C(=O)O)ccc1N2C. The zero-order chi connectivity index (χ0) is 19.4. The number of carbonyl (C=O) groups is 1. The van der Waals surface area contributed by atoms with Crippen LogP contribution in [0.25, 0.3) is 6.08 Å². The molecule has 2 aromatic rings. The Balaban J connectivity index is 1.89. The van der Waals surface area contributed by atoms with Gasteiger partial charge >= 0.3 is 5.97 Å². The van der Waals surface area contributed by atoms with Crippen molar-refractivity contribution >= 4 is 23.4 Å². The van der Waals surface area contributed by atoms with Gasteiger partial charge in [0, 0.05) is 18.4 Å². The van der Waals surface area contributed by atoms with Crippen molar-refractivity contribution in [1.29, 1.82) is 5.26 Å². The van der Waals surface area contributed by atoms with Crippen LogP contribution < -0.4 is 9.64 Å². The maximum Gasteiger partial charge on any atom is 0.346 e. The second-order valence-corrected chi connectivity index (χ2v) is 6.30. The number of benzene rings is 2. The van der Waals surface area contributed by atoms with Crippen molar-refractivity contribution in [2.75, 3.05) is 19.1 Å². The Morgan fingerprint density at radius 1 is 1.19 bits per heavy atom. The summed E-state index contributed by atoms with van der Waals surface area (Å²) in [6.45, 7) is 0. The van der Waals surface area contributed by atoms with E-state index in [0.29, 0.717) is 0 Å². The minimum Gasteiger partial charge on any atom is -0.497 e. The molecule has 5 heteroatoms. The molecule has 1 N–H and O–H groups in total. The van der Waals surface area contributed by atoms with Gasteiger partial charge in [-0.15, -0.1) is 0 Å². The largest absolute Gasteiger partial charge is 0.497 e. The van der Waals surface area contributed by atoms with Gasteiger partial charge in [-0.1, -0.05) is 18.2 Å². The highest BCUT2D eigenvalue weighted by Gasteiger charge is 2.18. The van der Waals surface area contributed by atoms with E-state index in [0.717, 1.165) is 29.8 Å². The van der Waals surface area contributed by atoms with Crippen molar-refractivity contribution in [3.8, 4) is 11.8 Å². The first-order chi connectivity index (χ1) is 13.0. The molecule has 0 saturated heterocycles. The van der Waals surface area contributed by atoms with Crippen LogP contribution in [0.4, 0.5) is 11.4 Å². The number of carboxylic acids is 1. The Kier molecular flexibility index (Phi) is 5.28. The first kappa shape index (κ1) is 18.3. The number of hydrogen-bond donors (Lipinski definition) is 1. The van der Waals surface area contributed by atoms with Gasteiger partial charge in [-0.25, -0.2) is 4.79 Å². The van der Waals surface area contributed by atoms with Crippen molar-refractivity contribution < 1.29 is 14.6 Å². The topological polar surface area (TPSA) is 73.6 Å². The minimum atomic E-state index is -1.22. The van der Waals surface area contributed by atoms with Crippen LogP contribution in [0.15, 0.2) is 54.1 Å². The molecule has 0 atom stereocenters. The predicted octanol–water partition coefficient (Wildman–Crippen LogP) is 4.11. The van der Waals surface area contributed by atoms with Crippen LogP contribution in [0.3, 0.4) is 0 Å². The van der Waals surface area contributed by atoms with Gasteiger partial charge in [0.15, 0.2) is 0 Å². The van der Waals surface area contributed by atoms with Gasteiger partial charge in [-0.05, 0) is 65.9 Å². The van der Waals surface area contributed by atoms with Crippen molar-refractivity contribution in [3.63, 3.8) is 0 Å². The summed E-state index contributed by atoms with van der Waals surface area (Å²) in [5.74, 6) is -0.367. The molecule has 0 aliphatic carbocycles. The lowest BCUT2D eigenvalue weighted by Crippen LogP contribution is -2.11. The molecule has 136 valence electrons. The second kappa shape index (κ2) is 7.79. The molecule has 0 spiro atoms. The Labute approximate surface area is 158 Å². The van der Waals surface area contributed by atoms with Gasteiger partial charge in [0.1, 0.15) is 17.4 Å². The van der Waals surface area contributed by atoms with E-state index in [1.807, 2.05) is 18.2 Å². The fraction of sp³-hybridized carbons (Fsp3) is 0.182. The number of hydrogen-bond acceptors (Lipinski definition) is 4. The Morgan fingerprint density at radius 2 is 1.85 bits per heavy atom. The normalized spacial score (nSPS) is 13.5. The number of anilines is 2. The van der Waals surface area contributed by atoms with Gasteiger partial charge in [-0.2, -0.15) is 5.26 Å². The molecule has 2 aromatic carbocycles. The highest BCUT2D eigenvalue weighted by atomic mass is 16.5. The maximum absolute atomic E-state index is 10.9. The number of allylic oxidation sites excluding steroid dienone is 2. The van der Waals surface area contributed by atoms with E-state index >= 15 is 0 Å². The van der Waals surface area contributed by atoms with Gasteiger partial charge in [-0.3, -0.25) is 0 Å². The van der Waals surface area contributed by atoms with Gasteiger partial charge < -0.3 is 14.7 Å². The first-order valence-corrected chi connectivity index (χ1v) is 8.59. The lowest BCUT2D eigenvalue weighted by molar-refractivity contribution is -0.132. The van der Waals surface area contributed by atoms with Gasteiger partial charge in [0.25, 0.3) is 0 Å². The molecular weight excluding hydrogens is 340 g/mol. The number of methoxy groups -OCH3 is 1. The Morgan fingerprint density at radius 3 is 2.48 bits per heavy atom. The molecule has 0 saturated carbocycles. The molecular formula is C22H20N2O3. The monoisotopic (exact) mass is 360 g/mol. The summed E-state index contributed by atoms with van der Waals surface area (Å²) in [6, 6.07) is 14.0. The molecule has 0 radical (unpaired) electrons. The lowest BCUT2D eigenvalue weighted by atomic mass is 10.0. The van der Waals surface area contributed by atoms with Crippen LogP contribution in [0.5, 0.6) is 5.75 Å². The highest BCUT2D eigenvalue weighted by Crippen LogP contribution is 2.36. The molecule has 0 unspecified atom stereocenters. The maximum atomic E-state index is 10.9. The Bertz CT molecular complexity index is 984. The minimum absolute atomic E-state index is 0.287. The van der Waals surface area contributed by atoms with Crippen LogP contribution in [0.2, 0.25) is 0 Å². The third-order valence-corrected chi connectivity index (χ3v) is 4.68. The number of ether oxygens (including phenoxy) is 1. The molecule has 27 heavy (non-hydrogen) atoms. The summed E-state index contributed by atoms with van der Waals surface area (Å²) < 4.78 is 5.34. The van der Waals surface area contributed by atoms with Gasteiger partial charge in [0.05, 0.1) is 7.11 Å². The predicted molar refractivity (Wildman–Crippen MR) is 105 cm³/mol. The van der Waals surface area contributed by atoms with Crippen LogP contribution in [-0.4, -0.2) is 25.2 Å². The quantitative estimate of drug-likeness (QED) is 0.505. The van der Waals surface area contributed by atoms with E-state index in [9.17, 15) is 4.79 Å². The third kappa shape index (κ3) is 3.85. The number of nitrogens with zero attached hydrogens (tertiary/aromatic N) is 2. The van der Waals surface area contributed by atoms with Crippen molar-refractivity contribution in [2.24, 2.45) is 0 Å². The second-order valence-electron chi connectivity index (χ2n) is 6.30. The van der Waals surface area contributed by atoms with Crippen LogP contribution in [0, 0.1) is 11.3 Å². The molecule has 1 heterocycles. The molecule has 1 aliphatic heterocycles. The van der Waals surface area contributed by atoms with Crippen molar-refractivity contribution in [2.45, 2.75) is 12.8 Å². The Hall–Kier alpha value is -3.52. The summed E-state index contributed by atoms with van der Waals surface area (Å²) >= 11 is 0. The average Bonchev–Trinajstić information content (AvgIpc) is 2.81. The first-order valence-electron chi connectivity index (χ1n) is 8.59. The summed E-state index contributed by atoms with van der Waals surface area (Å²) in [7, 11) is 3.73. The standard InChI is InChI=1S/C22H20N2O3/c1-24-20-10-6-15(4-3-5-18(14-23)22(25)26)12-16(20)7-8-17-13-19(27-2)9-11-21(17)24/h3-6,9-13H,7-8H2,1-2H3,(H,25,26)/b4-3+,18-5-. The zero-order valence-electron chi connectivity index (χ0n) is 15.3. The summed E-state index contributed by atoms with van der Waals surface area (Å²) in [6.07, 6.45) is 6.52. The van der Waals surface area contributed by atoms with Crippen LogP contribution in [0.1, 0.15) is 16.7 Å². The van der Waals surface area contributed by atoms with E-state index in [4.69, 9.17) is 15.1 Å². The molecule has 5 nitrogen and oxygen atoms in total. The summed E-state index contributed by atoms with van der Waals surface area (Å²) in [5.41, 5.74) is 5.45. The van der Waals surface area contributed by atoms with Crippen LogP contribution >= 0.6 is 0 Å². The zero-order valence-corrected chi connectivity index (χ0v) is 15.3. The van der Waals surface area contributed by atoms with E-state index in [2.05, 4.69) is 36.2 Å². The molecule has 0 fully saturated rings. The molecule has 0 amide bonds. The lowest BCUT2D eigenvalue weighted by Gasteiger charge is -2.22. The number of rotatable bonds is 4. The van der Waals surface area contributed by atoms with E-state index in [-0.39, 0.29) is 5.57 Å². The summed E-state index contributed by atoms with van der Waals surface area (Å²) in [4.78, 5) is 13.0.